The molecular formula is C17H20N2O3S. The van der Waals surface area contributed by atoms with Crippen molar-refractivity contribution in [1.82, 2.24) is 9.88 Å². The minimum absolute atomic E-state index is 0.000557. The van der Waals surface area contributed by atoms with E-state index >= 15 is 0 Å². The van der Waals surface area contributed by atoms with Crippen LogP contribution in [-0.4, -0.2) is 34.9 Å². The summed E-state index contributed by atoms with van der Waals surface area (Å²) >= 11 is 1.56. The Morgan fingerprint density at radius 3 is 2.83 bits per heavy atom. The van der Waals surface area contributed by atoms with Crippen LogP contribution in [0.3, 0.4) is 0 Å². The van der Waals surface area contributed by atoms with Crippen LogP contribution in [0, 0.1) is 0 Å². The number of esters is 1. The van der Waals surface area contributed by atoms with E-state index in [4.69, 9.17) is 4.74 Å². The average Bonchev–Trinajstić information content (AvgIpc) is 3.05. The molecule has 2 aromatic heterocycles. The zero-order valence-corrected chi connectivity index (χ0v) is 13.9. The number of carbonyl (C=O) groups excluding carboxylic acids is 2. The van der Waals surface area contributed by atoms with E-state index in [0.29, 0.717) is 26.1 Å². The van der Waals surface area contributed by atoms with Gasteiger partial charge in [0.05, 0.1) is 19.4 Å². The van der Waals surface area contributed by atoms with Crippen molar-refractivity contribution >= 4 is 23.2 Å². The van der Waals surface area contributed by atoms with E-state index in [1.165, 1.54) is 0 Å². The van der Waals surface area contributed by atoms with Gasteiger partial charge in [-0.3, -0.25) is 14.6 Å². The average molecular weight is 332 g/mol. The Hall–Kier alpha value is -2.21. The lowest BCUT2D eigenvalue weighted by Gasteiger charge is -2.22. The van der Waals surface area contributed by atoms with Crippen molar-refractivity contribution in [1.29, 1.82) is 0 Å². The first-order valence-electron chi connectivity index (χ1n) is 7.53. The highest BCUT2D eigenvalue weighted by Crippen LogP contribution is 2.13. The van der Waals surface area contributed by atoms with E-state index in [2.05, 4.69) is 4.98 Å². The highest BCUT2D eigenvalue weighted by atomic mass is 32.1. The molecule has 0 fully saturated rings. The van der Waals surface area contributed by atoms with E-state index in [-0.39, 0.29) is 18.3 Å². The summed E-state index contributed by atoms with van der Waals surface area (Å²) in [5.74, 6) is -0.284. The van der Waals surface area contributed by atoms with Crippen molar-refractivity contribution in [3.05, 3.63) is 52.5 Å². The summed E-state index contributed by atoms with van der Waals surface area (Å²) in [6.45, 7) is 2.91. The van der Waals surface area contributed by atoms with Crippen LogP contribution in [0.2, 0.25) is 0 Å². The van der Waals surface area contributed by atoms with Crippen molar-refractivity contribution in [2.45, 2.75) is 26.3 Å². The van der Waals surface area contributed by atoms with Crippen LogP contribution in [0.1, 0.15) is 23.8 Å². The fraction of sp³-hybridized carbons (Fsp3) is 0.353. The molecule has 0 aliphatic rings. The maximum absolute atomic E-state index is 12.5. The summed E-state index contributed by atoms with van der Waals surface area (Å²) < 4.78 is 4.94. The summed E-state index contributed by atoms with van der Waals surface area (Å²) in [5.41, 5.74) is 0.941. The zero-order chi connectivity index (χ0) is 16.5. The molecule has 0 radical (unpaired) electrons. The topological polar surface area (TPSA) is 59.5 Å². The number of pyridine rings is 1. The molecular weight excluding hydrogens is 312 g/mol. The number of rotatable bonds is 8. The lowest BCUT2D eigenvalue weighted by atomic mass is 10.2. The number of thiophene rings is 1. The molecule has 6 heteroatoms. The van der Waals surface area contributed by atoms with Gasteiger partial charge in [-0.15, -0.1) is 11.3 Å². The zero-order valence-electron chi connectivity index (χ0n) is 13.1. The molecule has 0 spiro atoms. The molecule has 2 rings (SSSR count). The second-order valence-electron chi connectivity index (χ2n) is 4.99. The highest BCUT2D eigenvalue weighted by Gasteiger charge is 2.17. The van der Waals surface area contributed by atoms with E-state index in [1.54, 1.807) is 35.6 Å². The first-order chi connectivity index (χ1) is 11.2. The summed E-state index contributed by atoms with van der Waals surface area (Å²) in [7, 11) is 0. The number of hydrogen-bond donors (Lipinski definition) is 0. The molecule has 0 saturated carbocycles. The highest BCUT2D eigenvalue weighted by molar-refractivity contribution is 7.10. The Morgan fingerprint density at radius 1 is 1.30 bits per heavy atom. The van der Waals surface area contributed by atoms with Crippen LogP contribution in [0.25, 0.3) is 0 Å². The molecule has 5 nitrogen and oxygen atoms in total. The fourth-order valence-corrected chi connectivity index (χ4v) is 2.83. The molecule has 0 atom stereocenters. The van der Waals surface area contributed by atoms with Gasteiger partial charge in [-0.25, -0.2) is 0 Å². The number of nitrogens with zero attached hydrogens (tertiary/aromatic N) is 2. The largest absolute Gasteiger partial charge is 0.466 e. The molecule has 2 heterocycles. The van der Waals surface area contributed by atoms with Crippen LogP contribution in [0.4, 0.5) is 0 Å². The van der Waals surface area contributed by atoms with E-state index in [9.17, 15) is 9.59 Å². The van der Waals surface area contributed by atoms with Gasteiger partial charge in [-0.1, -0.05) is 12.1 Å². The number of hydrogen-bond acceptors (Lipinski definition) is 5. The Bertz CT molecular complexity index is 614. The van der Waals surface area contributed by atoms with Crippen molar-refractivity contribution < 1.29 is 14.3 Å². The Balaban J connectivity index is 2.00. The van der Waals surface area contributed by atoms with Crippen LogP contribution >= 0.6 is 11.3 Å². The van der Waals surface area contributed by atoms with Gasteiger partial charge in [-0.2, -0.15) is 0 Å². The van der Waals surface area contributed by atoms with Crippen LogP contribution in [0.15, 0.2) is 42.0 Å². The Labute approximate surface area is 139 Å². The second-order valence-corrected chi connectivity index (χ2v) is 6.02. The van der Waals surface area contributed by atoms with Crippen LogP contribution in [0.5, 0.6) is 0 Å². The van der Waals surface area contributed by atoms with Gasteiger partial charge in [0.2, 0.25) is 5.91 Å². The number of carbonyl (C=O) groups is 2. The standard InChI is InChI=1S/C17H20N2O3S/c1-2-22-17(21)7-9-19(13-14-5-3-8-18-12-14)16(20)11-15-6-4-10-23-15/h3-6,8,10,12H,2,7,9,11,13H2,1H3. The molecule has 1 amide bonds. The lowest BCUT2D eigenvalue weighted by Crippen LogP contribution is -2.34. The molecule has 2 aromatic rings. The second kappa shape index (κ2) is 9.05. The number of ether oxygens (including phenoxy) is 1. The number of amides is 1. The molecule has 0 bridgehead atoms. The van der Waals surface area contributed by atoms with Gasteiger partial charge >= 0.3 is 5.97 Å². The number of aromatic nitrogens is 1. The summed E-state index contributed by atoms with van der Waals surface area (Å²) in [6.07, 6.45) is 3.97. The summed E-state index contributed by atoms with van der Waals surface area (Å²) in [4.78, 5) is 30.9. The molecule has 0 saturated heterocycles. The molecule has 0 aliphatic carbocycles. The third kappa shape index (κ3) is 5.83. The smallest absolute Gasteiger partial charge is 0.307 e. The Kier molecular flexibility index (Phi) is 6.75. The van der Waals surface area contributed by atoms with Crippen molar-refractivity contribution in [3.8, 4) is 0 Å². The van der Waals surface area contributed by atoms with Crippen molar-refractivity contribution in [3.63, 3.8) is 0 Å². The van der Waals surface area contributed by atoms with Gasteiger partial charge < -0.3 is 9.64 Å². The molecule has 0 N–H and O–H groups in total. The summed E-state index contributed by atoms with van der Waals surface area (Å²) in [6, 6.07) is 7.62. The van der Waals surface area contributed by atoms with E-state index in [0.717, 1.165) is 10.4 Å². The molecule has 0 unspecified atom stereocenters. The Morgan fingerprint density at radius 2 is 2.17 bits per heavy atom. The van der Waals surface area contributed by atoms with Gasteiger partial charge in [0, 0.05) is 30.4 Å². The van der Waals surface area contributed by atoms with Gasteiger partial charge in [0.1, 0.15) is 0 Å². The molecule has 122 valence electrons. The maximum atomic E-state index is 12.5. The van der Waals surface area contributed by atoms with Gasteiger partial charge in [0.25, 0.3) is 0 Å². The van der Waals surface area contributed by atoms with Crippen molar-refractivity contribution in [2.75, 3.05) is 13.2 Å². The van der Waals surface area contributed by atoms with Crippen LogP contribution in [-0.2, 0) is 27.3 Å². The van der Waals surface area contributed by atoms with Gasteiger partial charge in [-0.05, 0) is 30.0 Å². The lowest BCUT2D eigenvalue weighted by molar-refractivity contribution is -0.144. The SMILES string of the molecule is CCOC(=O)CCN(Cc1cccnc1)C(=O)Cc1cccs1. The van der Waals surface area contributed by atoms with Crippen LogP contribution < -0.4 is 0 Å². The van der Waals surface area contributed by atoms with Gasteiger partial charge in [0.15, 0.2) is 0 Å². The normalized spacial score (nSPS) is 10.3. The predicted octanol–water partition coefficient (Wildman–Crippen LogP) is 2.67. The quantitative estimate of drug-likeness (QED) is 0.697. The minimum atomic E-state index is -0.285. The maximum Gasteiger partial charge on any atom is 0.307 e. The minimum Gasteiger partial charge on any atom is -0.466 e. The third-order valence-corrected chi connectivity index (χ3v) is 4.12. The van der Waals surface area contributed by atoms with E-state index in [1.807, 2.05) is 29.6 Å². The fourth-order valence-electron chi connectivity index (χ4n) is 2.14. The predicted molar refractivity (Wildman–Crippen MR) is 88.9 cm³/mol. The first kappa shape index (κ1) is 17.1. The molecule has 23 heavy (non-hydrogen) atoms. The van der Waals surface area contributed by atoms with Crippen molar-refractivity contribution in [2.24, 2.45) is 0 Å². The molecule has 0 aliphatic heterocycles. The van der Waals surface area contributed by atoms with E-state index < -0.39 is 0 Å². The monoisotopic (exact) mass is 332 g/mol. The third-order valence-electron chi connectivity index (χ3n) is 3.25. The summed E-state index contributed by atoms with van der Waals surface area (Å²) in [5, 5.41) is 1.95. The molecule has 0 aromatic carbocycles. The first-order valence-corrected chi connectivity index (χ1v) is 8.41.